The van der Waals surface area contributed by atoms with E-state index in [9.17, 15) is 18.0 Å². The van der Waals surface area contributed by atoms with Crippen LogP contribution >= 0.6 is 0 Å². The van der Waals surface area contributed by atoms with Gasteiger partial charge in [0.1, 0.15) is 11.6 Å². The van der Waals surface area contributed by atoms with Crippen LogP contribution in [-0.4, -0.2) is 30.4 Å². The molecular formula is C20H20F3N7O. The molecule has 3 aromatic rings. The van der Waals surface area contributed by atoms with E-state index in [0.717, 1.165) is 36.2 Å². The molecule has 31 heavy (non-hydrogen) atoms. The van der Waals surface area contributed by atoms with Crippen molar-refractivity contribution in [2.24, 2.45) is 5.92 Å². The molecule has 0 bridgehead atoms. The summed E-state index contributed by atoms with van der Waals surface area (Å²) in [6, 6.07) is 3.46. The molecule has 1 aliphatic carbocycles. The predicted molar refractivity (Wildman–Crippen MR) is 106 cm³/mol. The minimum absolute atomic E-state index is 0.0366. The maximum absolute atomic E-state index is 13.1. The van der Waals surface area contributed by atoms with Crippen molar-refractivity contribution >= 4 is 23.2 Å². The fourth-order valence-corrected chi connectivity index (χ4v) is 4.00. The third kappa shape index (κ3) is 3.53. The van der Waals surface area contributed by atoms with E-state index in [-0.39, 0.29) is 24.1 Å². The number of carbonyl (C=O) groups is 1. The van der Waals surface area contributed by atoms with E-state index in [0.29, 0.717) is 36.1 Å². The Hall–Kier alpha value is -3.37. The zero-order valence-electron chi connectivity index (χ0n) is 16.7. The van der Waals surface area contributed by atoms with Gasteiger partial charge < -0.3 is 16.0 Å². The Morgan fingerprint density at radius 3 is 2.71 bits per heavy atom. The SMILES string of the molecule is Cc1nnc2nc(NCc3cc(N)cc(C(F)(F)F)c3)c3c(n12)CN(C(=O)C1CC1)C3. The average molecular weight is 431 g/mol. The highest BCUT2D eigenvalue weighted by molar-refractivity contribution is 5.82. The lowest BCUT2D eigenvalue weighted by molar-refractivity contribution is -0.137. The highest BCUT2D eigenvalue weighted by Crippen LogP contribution is 2.36. The van der Waals surface area contributed by atoms with E-state index >= 15 is 0 Å². The molecule has 0 spiro atoms. The molecule has 11 heteroatoms. The normalized spacial score (nSPS) is 16.1. The number of aryl methyl sites for hydroxylation is 1. The van der Waals surface area contributed by atoms with Crippen molar-refractivity contribution in [1.82, 2.24) is 24.5 Å². The van der Waals surface area contributed by atoms with Crippen molar-refractivity contribution in [1.29, 1.82) is 0 Å². The minimum Gasteiger partial charge on any atom is -0.399 e. The predicted octanol–water partition coefficient (Wildman–Crippen LogP) is 2.90. The van der Waals surface area contributed by atoms with E-state index in [2.05, 4.69) is 20.5 Å². The Kier molecular flexibility index (Phi) is 4.31. The van der Waals surface area contributed by atoms with Crippen LogP contribution < -0.4 is 11.1 Å². The van der Waals surface area contributed by atoms with Crippen molar-refractivity contribution < 1.29 is 18.0 Å². The topological polar surface area (TPSA) is 101 Å². The van der Waals surface area contributed by atoms with Gasteiger partial charge in [0.2, 0.25) is 5.91 Å². The maximum Gasteiger partial charge on any atom is 0.416 e. The fourth-order valence-electron chi connectivity index (χ4n) is 4.00. The lowest BCUT2D eigenvalue weighted by atomic mass is 10.1. The molecule has 3 N–H and O–H groups in total. The molecule has 162 valence electrons. The second kappa shape index (κ2) is 6.82. The Bertz CT molecular complexity index is 1200. The summed E-state index contributed by atoms with van der Waals surface area (Å²) in [5, 5.41) is 11.3. The van der Waals surface area contributed by atoms with Crippen molar-refractivity contribution in [2.75, 3.05) is 11.1 Å². The number of amides is 1. The number of halogens is 3. The molecule has 8 nitrogen and oxygen atoms in total. The largest absolute Gasteiger partial charge is 0.416 e. The minimum atomic E-state index is -4.48. The van der Waals surface area contributed by atoms with E-state index < -0.39 is 11.7 Å². The van der Waals surface area contributed by atoms with E-state index in [1.54, 1.807) is 4.90 Å². The molecule has 1 saturated carbocycles. The highest BCUT2D eigenvalue weighted by Gasteiger charge is 2.38. The fraction of sp³-hybridized carbons (Fsp3) is 0.400. The quantitative estimate of drug-likeness (QED) is 0.616. The third-order valence-electron chi connectivity index (χ3n) is 5.65. The van der Waals surface area contributed by atoms with Gasteiger partial charge in [-0.15, -0.1) is 10.2 Å². The average Bonchev–Trinajstić information content (AvgIpc) is 3.35. The Morgan fingerprint density at radius 2 is 2.00 bits per heavy atom. The number of nitrogens with one attached hydrogen (secondary N) is 1. The van der Waals surface area contributed by atoms with Crippen LogP contribution in [0.4, 0.5) is 24.7 Å². The summed E-state index contributed by atoms with van der Waals surface area (Å²) in [6.07, 6.45) is -2.66. The molecule has 2 aliphatic rings. The number of carbonyl (C=O) groups excluding carboxylic acids is 1. The van der Waals surface area contributed by atoms with Gasteiger partial charge in [0.15, 0.2) is 0 Å². The summed E-state index contributed by atoms with van der Waals surface area (Å²) in [6.45, 7) is 2.71. The second-order valence-electron chi connectivity index (χ2n) is 8.05. The summed E-state index contributed by atoms with van der Waals surface area (Å²) in [5.74, 6) is 1.73. The summed E-state index contributed by atoms with van der Waals surface area (Å²) in [4.78, 5) is 18.9. The Balaban J connectivity index is 1.47. The van der Waals surface area contributed by atoms with Crippen LogP contribution in [-0.2, 0) is 30.6 Å². The zero-order chi connectivity index (χ0) is 21.9. The first kappa shape index (κ1) is 19.6. The van der Waals surface area contributed by atoms with Crippen LogP contribution in [0, 0.1) is 12.8 Å². The number of aromatic nitrogens is 4. The van der Waals surface area contributed by atoms with Crippen molar-refractivity contribution in [3.8, 4) is 0 Å². The smallest absolute Gasteiger partial charge is 0.399 e. The number of nitrogens with two attached hydrogens (primary N) is 1. The molecule has 2 aromatic heterocycles. The zero-order valence-corrected chi connectivity index (χ0v) is 16.7. The van der Waals surface area contributed by atoms with Gasteiger partial charge in [-0.3, -0.25) is 9.20 Å². The first-order valence-electron chi connectivity index (χ1n) is 9.93. The molecule has 1 aromatic carbocycles. The van der Waals surface area contributed by atoms with Gasteiger partial charge in [0.05, 0.1) is 24.3 Å². The molecule has 1 amide bonds. The first-order valence-corrected chi connectivity index (χ1v) is 9.93. The summed E-state index contributed by atoms with van der Waals surface area (Å²) < 4.78 is 41.2. The molecular weight excluding hydrogens is 411 g/mol. The van der Waals surface area contributed by atoms with Crippen LogP contribution in [0.25, 0.3) is 5.78 Å². The Morgan fingerprint density at radius 1 is 1.23 bits per heavy atom. The molecule has 1 fully saturated rings. The number of anilines is 2. The van der Waals surface area contributed by atoms with Crippen LogP contribution in [0.1, 0.15) is 41.1 Å². The monoisotopic (exact) mass is 431 g/mol. The number of fused-ring (bicyclic) bond motifs is 3. The van der Waals surface area contributed by atoms with Crippen LogP contribution in [0.15, 0.2) is 18.2 Å². The van der Waals surface area contributed by atoms with E-state index in [4.69, 9.17) is 5.73 Å². The second-order valence-corrected chi connectivity index (χ2v) is 8.05. The molecule has 0 saturated heterocycles. The summed E-state index contributed by atoms with van der Waals surface area (Å²) in [5.41, 5.74) is 6.98. The number of nitrogens with zero attached hydrogens (tertiary/aromatic N) is 5. The number of hydrogen-bond donors (Lipinski definition) is 2. The van der Waals surface area contributed by atoms with E-state index in [1.165, 1.54) is 6.07 Å². The van der Waals surface area contributed by atoms with Crippen molar-refractivity contribution in [3.63, 3.8) is 0 Å². The number of rotatable bonds is 4. The highest BCUT2D eigenvalue weighted by atomic mass is 19.4. The lowest BCUT2D eigenvalue weighted by Gasteiger charge is -2.15. The van der Waals surface area contributed by atoms with Gasteiger partial charge >= 0.3 is 6.18 Å². The van der Waals surface area contributed by atoms with Gasteiger partial charge in [-0.25, -0.2) is 0 Å². The van der Waals surface area contributed by atoms with Gasteiger partial charge in [0.25, 0.3) is 5.78 Å². The van der Waals surface area contributed by atoms with Crippen LogP contribution in [0.3, 0.4) is 0 Å². The molecule has 1 aliphatic heterocycles. The van der Waals surface area contributed by atoms with E-state index in [1.807, 2.05) is 11.3 Å². The molecule has 0 radical (unpaired) electrons. The lowest BCUT2D eigenvalue weighted by Crippen LogP contribution is -2.26. The van der Waals surface area contributed by atoms with Gasteiger partial charge in [-0.1, -0.05) is 0 Å². The standard InChI is InChI=1S/C20H20F3N7O/c1-10-27-28-19-26-17(25-7-11-4-13(20(21,22)23)6-14(24)5-11)15-8-29(9-16(15)30(10)19)18(31)12-2-3-12/h4-6,12H,2-3,7-9,24H2,1H3,(H,25,26,28). The summed E-state index contributed by atoms with van der Waals surface area (Å²) >= 11 is 0. The van der Waals surface area contributed by atoms with Crippen LogP contribution in [0.2, 0.25) is 0 Å². The van der Waals surface area contributed by atoms with Gasteiger partial charge in [-0.2, -0.15) is 18.2 Å². The Labute approximate surface area is 175 Å². The maximum atomic E-state index is 13.1. The number of alkyl halides is 3. The summed E-state index contributed by atoms with van der Waals surface area (Å²) in [7, 11) is 0. The molecule has 5 rings (SSSR count). The van der Waals surface area contributed by atoms with Gasteiger partial charge in [-0.05, 0) is 43.5 Å². The number of hydrogen-bond acceptors (Lipinski definition) is 6. The van der Waals surface area contributed by atoms with Crippen molar-refractivity contribution in [3.05, 3.63) is 46.4 Å². The number of nitrogen functional groups attached to an aromatic ring is 1. The third-order valence-corrected chi connectivity index (χ3v) is 5.65. The van der Waals surface area contributed by atoms with Crippen LogP contribution in [0.5, 0.6) is 0 Å². The van der Waals surface area contributed by atoms with Crippen molar-refractivity contribution in [2.45, 2.75) is 45.6 Å². The van der Waals surface area contributed by atoms with Gasteiger partial charge in [0, 0.05) is 23.7 Å². The first-order chi connectivity index (χ1) is 14.7. The number of benzene rings is 1. The molecule has 3 heterocycles. The molecule has 0 atom stereocenters. The molecule has 0 unspecified atom stereocenters.